The predicted molar refractivity (Wildman–Crippen MR) is 102 cm³/mol. The number of amides is 1. The van der Waals surface area contributed by atoms with Gasteiger partial charge in [0.05, 0.1) is 23.1 Å². The number of sulfonamides is 1. The predicted octanol–water partition coefficient (Wildman–Crippen LogP) is 3.27. The topological polar surface area (TPSA) is 84.5 Å². The number of hydrogen-bond donors (Lipinski definition) is 2. The minimum atomic E-state index is -3.91. The van der Waals surface area contributed by atoms with Crippen molar-refractivity contribution in [3.63, 3.8) is 0 Å². The Balaban J connectivity index is 2.13. The lowest BCUT2D eigenvalue weighted by Crippen LogP contribution is -2.41. The molecule has 0 bridgehead atoms. The van der Waals surface area contributed by atoms with Gasteiger partial charge in [0, 0.05) is 5.69 Å². The highest BCUT2D eigenvalue weighted by molar-refractivity contribution is 7.89. The van der Waals surface area contributed by atoms with Gasteiger partial charge in [-0.1, -0.05) is 17.7 Å². The first-order valence-corrected chi connectivity index (χ1v) is 9.73. The minimum Gasteiger partial charge on any atom is -0.495 e. The van der Waals surface area contributed by atoms with E-state index in [0.717, 1.165) is 11.1 Å². The summed E-state index contributed by atoms with van der Waals surface area (Å²) in [4.78, 5) is 12.3. The molecule has 1 amide bonds. The average Bonchev–Trinajstić information content (AvgIpc) is 2.53. The maximum atomic E-state index is 12.5. The molecular weight excluding hydrogens is 376 g/mol. The molecule has 8 heteroatoms. The number of halogens is 1. The van der Waals surface area contributed by atoms with E-state index in [1.165, 1.54) is 32.2 Å². The Morgan fingerprint density at radius 3 is 2.27 bits per heavy atom. The van der Waals surface area contributed by atoms with E-state index in [2.05, 4.69) is 10.0 Å². The van der Waals surface area contributed by atoms with Crippen LogP contribution in [0.25, 0.3) is 0 Å². The quantitative estimate of drug-likeness (QED) is 0.784. The van der Waals surface area contributed by atoms with Gasteiger partial charge >= 0.3 is 0 Å². The Kier molecular flexibility index (Phi) is 6.28. The summed E-state index contributed by atoms with van der Waals surface area (Å²) in [5.74, 6) is -0.0931. The molecule has 0 radical (unpaired) electrons. The van der Waals surface area contributed by atoms with Crippen molar-refractivity contribution < 1.29 is 17.9 Å². The zero-order valence-electron chi connectivity index (χ0n) is 15.0. The molecular formula is C18H21ClN2O4S. The number of carbonyl (C=O) groups excluding carboxylic acids is 1. The third kappa shape index (κ3) is 4.97. The molecule has 0 aliphatic carbocycles. The molecule has 140 valence electrons. The first-order chi connectivity index (χ1) is 12.1. The monoisotopic (exact) mass is 396 g/mol. The molecule has 2 rings (SSSR count). The SMILES string of the molecule is COc1ccc(S(=O)(=O)N[C@H](C)C(=O)Nc2cc(C)cc(C)c2)cc1Cl. The molecule has 2 aromatic carbocycles. The third-order valence-electron chi connectivity index (χ3n) is 3.65. The number of carbonyl (C=O) groups is 1. The summed E-state index contributed by atoms with van der Waals surface area (Å²) in [6.07, 6.45) is 0. The van der Waals surface area contributed by atoms with Gasteiger partial charge in [0.25, 0.3) is 0 Å². The summed E-state index contributed by atoms with van der Waals surface area (Å²) in [7, 11) is -2.47. The van der Waals surface area contributed by atoms with Crippen molar-refractivity contribution in [3.8, 4) is 5.75 Å². The summed E-state index contributed by atoms with van der Waals surface area (Å²) in [5.41, 5.74) is 2.62. The highest BCUT2D eigenvalue weighted by atomic mass is 35.5. The lowest BCUT2D eigenvalue weighted by molar-refractivity contribution is -0.117. The zero-order valence-corrected chi connectivity index (χ0v) is 16.5. The number of anilines is 1. The second-order valence-corrected chi connectivity index (χ2v) is 8.13. The lowest BCUT2D eigenvalue weighted by Gasteiger charge is -2.15. The zero-order chi connectivity index (χ0) is 19.5. The summed E-state index contributed by atoms with van der Waals surface area (Å²) in [6, 6.07) is 8.73. The Bertz CT molecular complexity index is 909. The van der Waals surface area contributed by atoms with Crippen molar-refractivity contribution in [2.75, 3.05) is 12.4 Å². The fourth-order valence-corrected chi connectivity index (χ4v) is 4.02. The smallest absolute Gasteiger partial charge is 0.242 e. The largest absolute Gasteiger partial charge is 0.495 e. The van der Waals surface area contributed by atoms with Crippen molar-refractivity contribution in [1.29, 1.82) is 0 Å². The Labute approximate surface area is 158 Å². The van der Waals surface area contributed by atoms with Gasteiger partial charge in [-0.2, -0.15) is 4.72 Å². The Morgan fingerprint density at radius 1 is 1.12 bits per heavy atom. The maximum Gasteiger partial charge on any atom is 0.242 e. The van der Waals surface area contributed by atoms with Crippen molar-refractivity contribution in [2.24, 2.45) is 0 Å². The number of hydrogen-bond acceptors (Lipinski definition) is 4. The van der Waals surface area contributed by atoms with Crippen molar-refractivity contribution in [1.82, 2.24) is 4.72 Å². The number of benzene rings is 2. The van der Waals surface area contributed by atoms with Crippen LogP contribution in [0.3, 0.4) is 0 Å². The molecule has 1 atom stereocenters. The minimum absolute atomic E-state index is 0.0469. The fraction of sp³-hybridized carbons (Fsp3) is 0.278. The number of methoxy groups -OCH3 is 1. The van der Waals surface area contributed by atoms with Crippen LogP contribution in [0, 0.1) is 13.8 Å². The first kappa shape index (κ1) is 20.2. The second-order valence-electron chi connectivity index (χ2n) is 6.00. The third-order valence-corrected chi connectivity index (χ3v) is 5.48. The van der Waals surface area contributed by atoms with Crippen molar-refractivity contribution >= 4 is 33.2 Å². The number of rotatable bonds is 6. The van der Waals surface area contributed by atoms with Crippen molar-refractivity contribution in [3.05, 3.63) is 52.5 Å². The molecule has 0 saturated carbocycles. The molecule has 26 heavy (non-hydrogen) atoms. The van der Waals surface area contributed by atoms with Gasteiger partial charge < -0.3 is 10.1 Å². The van der Waals surface area contributed by atoms with Crippen LogP contribution in [0.15, 0.2) is 41.3 Å². The molecule has 0 unspecified atom stereocenters. The van der Waals surface area contributed by atoms with E-state index >= 15 is 0 Å². The first-order valence-electron chi connectivity index (χ1n) is 7.87. The standard InChI is InChI=1S/C18H21ClN2O4S/c1-11-7-12(2)9-14(8-11)20-18(22)13(3)21-26(23,24)15-5-6-17(25-4)16(19)10-15/h5-10,13,21H,1-4H3,(H,20,22)/t13-/m1/s1. The van der Waals surface area contributed by atoms with Crippen LogP contribution in [-0.4, -0.2) is 27.5 Å². The molecule has 0 saturated heterocycles. The van der Waals surface area contributed by atoms with E-state index < -0.39 is 22.0 Å². The van der Waals surface area contributed by atoms with Crippen LogP contribution >= 0.6 is 11.6 Å². The molecule has 6 nitrogen and oxygen atoms in total. The molecule has 0 aliphatic rings. The van der Waals surface area contributed by atoms with Gasteiger partial charge in [-0.05, 0) is 62.2 Å². The van der Waals surface area contributed by atoms with E-state index in [-0.39, 0.29) is 9.92 Å². The number of aryl methyl sites for hydroxylation is 2. The van der Waals surface area contributed by atoms with Gasteiger partial charge in [0.2, 0.25) is 15.9 Å². The van der Waals surface area contributed by atoms with E-state index in [9.17, 15) is 13.2 Å². The molecule has 0 heterocycles. The lowest BCUT2D eigenvalue weighted by atomic mass is 10.1. The molecule has 0 fully saturated rings. The van der Waals surface area contributed by atoms with Gasteiger partial charge in [0.1, 0.15) is 5.75 Å². The highest BCUT2D eigenvalue weighted by Crippen LogP contribution is 2.27. The molecule has 0 spiro atoms. The average molecular weight is 397 g/mol. The van der Waals surface area contributed by atoms with Crippen molar-refractivity contribution in [2.45, 2.75) is 31.7 Å². The molecule has 2 aromatic rings. The summed E-state index contributed by atoms with van der Waals surface area (Å²) < 4.78 is 32.3. The van der Waals surface area contributed by atoms with Crippen LogP contribution in [0.1, 0.15) is 18.1 Å². The van der Waals surface area contributed by atoms with Crippen LogP contribution in [-0.2, 0) is 14.8 Å². The fourth-order valence-electron chi connectivity index (χ4n) is 2.47. The molecule has 2 N–H and O–H groups in total. The Hall–Kier alpha value is -2.09. The van der Waals surface area contributed by atoms with Gasteiger partial charge in [0.15, 0.2) is 0 Å². The van der Waals surface area contributed by atoms with E-state index in [4.69, 9.17) is 16.3 Å². The number of nitrogens with one attached hydrogen (secondary N) is 2. The Morgan fingerprint density at radius 2 is 1.73 bits per heavy atom. The maximum absolute atomic E-state index is 12.5. The van der Waals surface area contributed by atoms with E-state index in [1.54, 1.807) is 0 Å². The van der Waals surface area contributed by atoms with E-state index in [1.807, 2.05) is 32.0 Å². The van der Waals surface area contributed by atoms with Crippen LogP contribution < -0.4 is 14.8 Å². The van der Waals surface area contributed by atoms with Crippen LogP contribution in [0.5, 0.6) is 5.75 Å². The highest BCUT2D eigenvalue weighted by Gasteiger charge is 2.23. The van der Waals surface area contributed by atoms with Crippen LogP contribution in [0.2, 0.25) is 5.02 Å². The normalized spacial score (nSPS) is 12.5. The number of ether oxygens (including phenoxy) is 1. The van der Waals surface area contributed by atoms with E-state index in [0.29, 0.717) is 11.4 Å². The molecule has 0 aromatic heterocycles. The summed E-state index contributed by atoms with van der Waals surface area (Å²) >= 11 is 5.98. The second kappa shape index (κ2) is 8.07. The summed E-state index contributed by atoms with van der Waals surface area (Å²) in [5, 5.41) is 2.88. The van der Waals surface area contributed by atoms with Gasteiger partial charge in [-0.15, -0.1) is 0 Å². The summed E-state index contributed by atoms with van der Waals surface area (Å²) in [6.45, 7) is 5.31. The van der Waals surface area contributed by atoms with Gasteiger partial charge in [-0.3, -0.25) is 4.79 Å². The van der Waals surface area contributed by atoms with Gasteiger partial charge in [-0.25, -0.2) is 8.42 Å². The molecule has 0 aliphatic heterocycles. The van der Waals surface area contributed by atoms with Crippen LogP contribution in [0.4, 0.5) is 5.69 Å².